The Hall–Kier alpha value is -5.32. The Balaban J connectivity index is 0.00000593. The summed E-state index contributed by atoms with van der Waals surface area (Å²) < 4.78 is 10.5. The molecule has 2 atom stereocenters. The van der Waals surface area contributed by atoms with E-state index < -0.39 is 0 Å². The van der Waals surface area contributed by atoms with Crippen molar-refractivity contribution >= 4 is 44.6 Å². The van der Waals surface area contributed by atoms with E-state index >= 15 is 0 Å². The topological polar surface area (TPSA) is 27.1 Å². The molecule has 11 rings (SSSR count). The smallest absolute Gasteiger partial charge is 0.187 e. The van der Waals surface area contributed by atoms with Crippen molar-refractivity contribution in [3.05, 3.63) is 174 Å². The van der Waals surface area contributed by atoms with Crippen LogP contribution in [0, 0.1) is 18.8 Å². The minimum atomic E-state index is -0.195. The molecule has 0 N–H and O–H groups in total. The first-order chi connectivity index (χ1) is 31.8. The summed E-state index contributed by atoms with van der Waals surface area (Å²) in [6.45, 7) is 37.8. The number of ether oxygens (including phenoxy) is 1. The molecule has 5 heterocycles. The van der Waals surface area contributed by atoms with E-state index in [4.69, 9.17) is 9.72 Å². The van der Waals surface area contributed by atoms with Gasteiger partial charge in [-0.1, -0.05) is 175 Å². The van der Waals surface area contributed by atoms with Gasteiger partial charge in [-0.3, -0.25) is 4.48 Å². The molecule has 6 heteroatoms. The Kier molecular flexibility index (Phi) is 11.6. The molecular formula is C63H69N4OPt-. The van der Waals surface area contributed by atoms with Gasteiger partial charge in [-0.2, -0.15) is 6.07 Å². The third-order valence-electron chi connectivity index (χ3n) is 14.5. The summed E-state index contributed by atoms with van der Waals surface area (Å²) in [4.78, 5) is 4.98. The standard InChI is InChI=1S/C63H69N4O.Pt/c1-59(2,3)42-22-18-21-41(31-42)50-26-20-28-55-58(50)67(47-33-44(61(7,8)9)32-45(34-47)62(10,11)12)39-66(55,40-67)46-23-19-24-48(36-46)68-49-37-52(63(13,14)15)57-51-25-16-17-27-53(51)65(54(57)38-49)56-35-43(29-30-64-56)60(4,5)6;/h16-35,37,39H,40H2,1-15H3;/q-1;/t66-,67+;/m1./s1. The minimum absolute atomic E-state index is 0. The summed E-state index contributed by atoms with van der Waals surface area (Å²) in [6.07, 6.45) is 1.93. The van der Waals surface area contributed by atoms with Crippen LogP contribution in [0.4, 0.5) is 22.7 Å². The van der Waals surface area contributed by atoms with Gasteiger partial charge in [-0.15, -0.1) is 29.8 Å². The molecule has 0 amide bonds. The maximum atomic E-state index is 7.02. The third-order valence-corrected chi connectivity index (χ3v) is 14.5. The molecule has 0 aliphatic carbocycles. The van der Waals surface area contributed by atoms with Gasteiger partial charge >= 0.3 is 0 Å². The number of fused-ring (bicyclic) bond motifs is 3. The second-order valence-corrected chi connectivity index (χ2v) is 24.8. The molecule has 0 unspecified atom stereocenters. The van der Waals surface area contributed by atoms with Crippen LogP contribution in [0.25, 0.3) is 38.8 Å². The van der Waals surface area contributed by atoms with Crippen LogP contribution in [0.5, 0.6) is 11.5 Å². The van der Waals surface area contributed by atoms with Crippen LogP contribution in [0.1, 0.15) is 132 Å². The number of quaternary nitrogens is 2. The van der Waals surface area contributed by atoms with Crippen molar-refractivity contribution < 1.29 is 25.8 Å². The third kappa shape index (κ3) is 8.21. The molecule has 6 aromatic carbocycles. The monoisotopic (exact) mass is 1090 g/mol. The fourth-order valence-electron chi connectivity index (χ4n) is 10.6. The van der Waals surface area contributed by atoms with E-state index in [1.54, 1.807) is 0 Å². The van der Waals surface area contributed by atoms with Gasteiger partial charge in [0.05, 0.1) is 6.67 Å². The molecule has 3 aliphatic heterocycles. The van der Waals surface area contributed by atoms with E-state index in [9.17, 15) is 0 Å². The van der Waals surface area contributed by atoms with E-state index in [1.807, 2.05) is 12.3 Å². The molecule has 1 saturated heterocycles. The van der Waals surface area contributed by atoms with Gasteiger partial charge in [0.15, 0.2) is 18.0 Å². The van der Waals surface area contributed by atoms with Crippen LogP contribution in [0.15, 0.2) is 128 Å². The zero-order valence-electron chi connectivity index (χ0n) is 43.4. The van der Waals surface area contributed by atoms with Gasteiger partial charge in [0.1, 0.15) is 11.5 Å². The van der Waals surface area contributed by atoms with Gasteiger partial charge in [-0.05, 0) is 84.5 Å². The Bertz CT molecular complexity index is 3260. The van der Waals surface area contributed by atoms with Gasteiger partial charge in [0, 0.05) is 73.7 Å². The average Bonchev–Trinajstić information content (AvgIpc) is 3.86. The van der Waals surface area contributed by atoms with E-state index in [1.165, 1.54) is 66.8 Å². The molecule has 0 saturated carbocycles. The van der Waals surface area contributed by atoms with Crippen molar-refractivity contribution in [2.24, 2.45) is 0 Å². The summed E-state index contributed by atoms with van der Waals surface area (Å²) in [5.41, 5.74) is 15.7. The summed E-state index contributed by atoms with van der Waals surface area (Å²) in [5, 5.41) is 2.35. The fourth-order valence-corrected chi connectivity index (χ4v) is 10.6. The quantitative estimate of drug-likeness (QED) is 0.123. The van der Waals surface area contributed by atoms with Gasteiger partial charge in [-0.25, -0.2) is 4.98 Å². The van der Waals surface area contributed by atoms with Crippen LogP contribution >= 0.6 is 0 Å². The van der Waals surface area contributed by atoms with Crippen molar-refractivity contribution in [1.82, 2.24) is 18.5 Å². The number of hydrogen-bond acceptors (Lipinski definition) is 2. The summed E-state index contributed by atoms with van der Waals surface area (Å²) >= 11 is 0. The number of aromatic nitrogens is 2. The van der Waals surface area contributed by atoms with Crippen LogP contribution in [-0.2, 0) is 48.1 Å². The maximum absolute atomic E-state index is 7.02. The molecular weight excluding hydrogens is 1020 g/mol. The van der Waals surface area contributed by atoms with Crippen molar-refractivity contribution in [2.45, 2.75) is 131 Å². The molecule has 3 aliphatic rings. The number of pyridine rings is 1. The van der Waals surface area contributed by atoms with E-state index in [0.29, 0.717) is 20.5 Å². The number of benzene rings is 6. The minimum Gasteiger partial charge on any atom is -0.509 e. The zero-order chi connectivity index (χ0) is 48.6. The van der Waals surface area contributed by atoms with Crippen molar-refractivity contribution in [3.63, 3.8) is 0 Å². The summed E-state index contributed by atoms with van der Waals surface area (Å²) in [6, 6.07) is 52.8. The average molecular weight is 1090 g/mol. The summed E-state index contributed by atoms with van der Waals surface area (Å²) in [5.74, 6) is 2.18. The number of hydrogen-bond donors (Lipinski definition) is 0. The van der Waals surface area contributed by atoms with Crippen molar-refractivity contribution in [3.8, 4) is 28.4 Å². The molecule has 8 aromatic rings. The number of para-hydroxylation sites is 2. The van der Waals surface area contributed by atoms with Crippen LogP contribution in [0.3, 0.4) is 0 Å². The zero-order valence-corrected chi connectivity index (χ0v) is 45.7. The van der Waals surface area contributed by atoms with E-state index in [2.05, 4.69) is 242 Å². The number of nitrogens with zero attached hydrogens (tertiary/aromatic N) is 4. The Morgan fingerprint density at radius 1 is 0.565 bits per heavy atom. The van der Waals surface area contributed by atoms with Gasteiger partial charge in [0.25, 0.3) is 0 Å². The second-order valence-electron chi connectivity index (χ2n) is 24.8. The molecule has 2 aromatic heterocycles. The molecule has 0 spiro atoms. The Morgan fingerprint density at radius 3 is 1.84 bits per heavy atom. The van der Waals surface area contributed by atoms with Crippen LogP contribution in [0.2, 0.25) is 0 Å². The normalized spacial score (nSPS) is 18.2. The second kappa shape index (κ2) is 16.4. The summed E-state index contributed by atoms with van der Waals surface area (Å²) in [7, 11) is 0. The van der Waals surface area contributed by atoms with E-state index in [0.717, 1.165) is 29.2 Å². The molecule has 0 radical (unpaired) electrons. The first kappa shape index (κ1) is 48.7. The Morgan fingerprint density at radius 2 is 1.19 bits per heavy atom. The molecule has 358 valence electrons. The first-order valence-corrected chi connectivity index (χ1v) is 24.5. The largest absolute Gasteiger partial charge is 0.509 e. The molecule has 1 fully saturated rings. The van der Waals surface area contributed by atoms with Crippen LogP contribution < -0.4 is 13.7 Å². The van der Waals surface area contributed by atoms with Crippen LogP contribution in [-0.4, -0.2) is 16.2 Å². The first-order valence-electron chi connectivity index (χ1n) is 24.5. The van der Waals surface area contributed by atoms with Gasteiger partial charge < -0.3 is 13.8 Å². The fraction of sp³-hybridized carbons (Fsp3) is 0.333. The van der Waals surface area contributed by atoms with Crippen molar-refractivity contribution in [2.75, 3.05) is 6.67 Å². The SMILES string of the molecule is CC(C)(C)c1cccc(-c2cccc3c2[N@@+]2(c4cc(C(C)(C)C)cc(C(C)(C)C)c4)[CH-][N@+]3(c3[c-]c(Oc4[c-]c5c(c(C(C)(C)C)c4)c4ccccc4n5-c4cc(C(C)(C)C)ccn4)ccc3)C2)c1.[Pt]. The van der Waals surface area contributed by atoms with Gasteiger partial charge in [0.2, 0.25) is 0 Å². The molecule has 5 nitrogen and oxygen atoms in total. The van der Waals surface area contributed by atoms with E-state index in [-0.39, 0.29) is 48.1 Å². The molecule has 69 heavy (non-hydrogen) atoms. The number of rotatable bonds is 6. The predicted molar refractivity (Wildman–Crippen MR) is 287 cm³/mol. The predicted octanol–water partition coefficient (Wildman–Crippen LogP) is 17.1. The Labute approximate surface area is 426 Å². The molecule has 2 bridgehead atoms. The van der Waals surface area contributed by atoms with Crippen molar-refractivity contribution in [1.29, 1.82) is 0 Å². The maximum Gasteiger partial charge on any atom is 0.187 e.